The Balaban J connectivity index is 1.90. The van der Waals surface area contributed by atoms with Crippen molar-refractivity contribution in [2.75, 3.05) is 11.4 Å². The Hall–Kier alpha value is -3.03. The van der Waals surface area contributed by atoms with Crippen LogP contribution < -0.4 is 9.64 Å². The maximum Gasteiger partial charge on any atom is 0.331 e. The molecule has 1 N–H and O–H groups in total. The molecule has 0 atom stereocenters. The zero-order valence-electron chi connectivity index (χ0n) is 17.0. The molecule has 1 saturated heterocycles. The number of carbonyl (C=O) groups excluding carboxylic acids is 1. The fourth-order valence-corrected chi connectivity index (χ4v) is 4.06. The van der Waals surface area contributed by atoms with E-state index in [-0.39, 0.29) is 5.91 Å². The van der Waals surface area contributed by atoms with E-state index in [1.54, 1.807) is 29.2 Å². The topological polar surface area (TPSA) is 79.2 Å². The highest BCUT2D eigenvalue weighted by Crippen LogP contribution is 2.38. The highest BCUT2D eigenvalue weighted by atomic mass is 35.5. The summed E-state index contributed by atoms with van der Waals surface area (Å²) < 4.78 is 5.23. The van der Waals surface area contributed by atoms with Crippen molar-refractivity contribution in [1.82, 2.24) is 0 Å². The minimum absolute atomic E-state index is 0.144. The third-order valence-electron chi connectivity index (χ3n) is 4.29. The SMILES string of the molecule is CCCN=C1S/C(=C/c2ccc(O/C=C\C(=O)O)c(Cl)c2)C(=O)N1c1ccccc1C. The third kappa shape index (κ3) is 5.57. The number of aliphatic imine (C=N–C) groups is 1. The quantitative estimate of drug-likeness (QED) is 0.438. The number of hydrogen-bond donors (Lipinski definition) is 1. The Bertz CT molecular complexity index is 1090. The maximum atomic E-state index is 13.2. The van der Waals surface area contributed by atoms with E-state index in [9.17, 15) is 9.59 Å². The van der Waals surface area contributed by atoms with Crippen LogP contribution in [0.1, 0.15) is 24.5 Å². The number of ether oxygens (including phenoxy) is 1. The number of amidine groups is 1. The molecule has 0 bridgehead atoms. The first-order valence-corrected chi connectivity index (χ1v) is 10.8. The van der Waals surface area contributed by atoms with E-state index in [4.69, 9.17) is 21.4 Å². The summed E-state index contributed by atoms with van der Waals surface area (Å²) in [6, 6.07) is 12.7. The molecule has 2 aromatic carbocycles. The number of anilines is 1. The summed E-state index contributed by atoms with van der Waals surface area (Å²) in [4.78, 5) is 30.6. The summed E-state index contributed by atoms with van der Waals surface area (Å²) in [6.45, 7) is 4.63. The van der Waals surface area contributed by atoms with Gasteiger partial charge in [0.2, 0.25) is 0 Å². The number of hydrogen-bond acceptors (Lipinski definition) is 5. The average molecular weight is 457 g/mol. The number of carboxylic acid groups (broad SMARTS) is 1. The summed E-state index contributed by atoms with van der Waals surface area (Å²) in [6.07, 6.45) is 4.56. The van der Waals surface area contributed by atoms with Gasteiger partial charge in [0.1, 0.15) is 5.75 Å². The van der Waals surface area contributed by atoms with E-state index < -0.39 is 5.97 Å². The smallest absolute Gasteiger partial charge is 0.331 e. The van der Waals surface area contributed by atoms with Crippen LogP contribution in [-0.4, -0.2) is 28.7 Å². The minimum Gasteiger partial charge on any atom is -0.478 e. The average Bonchev–Trinajstić information content (AvgIpc) is 3.03. The van der Waals surface area contributed by atoms with Crippen LogP contribution in [0.3, 0.4) is 0 Å². The number of carboxylic acids is 1. The van der Waals surface area contributed by atoms with Gasteiger partial charge in [0, 0.05) is 6.54 Å². The molecule has 1 fully saturated rings. The van der Waals surface area contributed by atoms with Crippen LogP contribution in [0.4, 0.5) is 5.69 Å². The molecule has 3 rings (SSSR count). The van der Waals surface area contributed by atoms with E-state index in [0.717, 1.165) is 35.6 Å². The second-order valence-corrected chi connectivity index (χ2v) is 8.07. The number of carbonyl (C=O) groups is 2. The Kier molecular flexibility index (Phi) is 7.55. The molecular weight excluding hydrogens is 436 g/mol. The molecule has 0 saturated carbocycles. The van der Waals surface area contributed by atoms with Crippen molar-refractivity contribution < 1.29 is 19.4 Å². The fourth-order valence-electron chi connectivity index (χ4n) is 2.83. The van der Waals surface area contributed by atoms with Crippen molar-refractivity contribution in [3.8, 4) is 5.75 Å². The van der Waals surface area contributed by atoms with Crippen molar-refractivity contribution in [3.05, 3.63) is 75.9 Å². The summed E-state index contributed by atoms with van der Waals surface area (Å²) in [7, 11) is 0. The highest BCUT2D eigenvalue weighted by Gasteiger charge is 2.35. The van der Waals surface area contributed by atoms with Gasteiger partial charge in [0.15, 0.2) is 5.17 Å². The normalized spacial score (nSPS) is 16.6. The monoisotopic (exact) mass is 456 g/mol. The molecule has 0 aliphatic carbocycles. The van der Waals surface area contributed by atoms with Crippen LogP contribution in [0.15, 0.2) is 64.7 Å². The zero-order chi connectivity index (χ0) is 22.4. The van der Waals surface area contributed by atoms with E-state index >= 15 is 0 Å². The van der Waals surface area contributed by atoms with Crippen molar-refractivity contribution in [2.24, 2.45) is 4.99 Å². The van der Waals surface area contributed by atoms with Gasteiger partial charge >= 0.3 is 5.97 Å². The van der Waals surface area contributed by atoms with Crippen molar-refractivity contribution in [3.63, 3.8) is 0 Å². The second-order valence-electron chi connectivity index (χ2n) is 6.65. The first-order chi connectivity index (χ1) is 14.9. The van der Waals surface area contributed by atoms with Crippen LogP contribution in [0.5, 0.6) is 5.75 Å². The number of rotatable bonds is 7. The first-order valence-electron chi connectivity index (χ1n) is 9.60. The van der Waals surface area contributed by atoms with E-state index in [1.165, 1.54) is 11.8 Å². The number of thioether (sulfide) groups is 1. The lowest BCUT2D eigenvalue weighted by atomic mass is 10.1. The predicted octanol–water partition coefficient (Wildman–Crippen LogP) is 5.51. The van der Waals surface area contributed by atoms with Crippen molar-refractivity contribution in [1.29, 1.82) is 0 Å². The molecular formula is C23H21ClN2O4S. The Morgan fingerprint density at radius 2 is 2.06 bits per heavy atom. The number of amides is 1. The number of nitrogens with zero attached hydrogens (tertiary/aromatic N) is 2. The molecule has 31 heavy (non-hydrogen) atoms. The van der Waals surface area contributed by atoms with Gasteiger partial charge in [-0.15, -0.1) is 0 Å². The van der Waals surface area contributed by atoms with Gasteiger partial charge in [-0.05, 0) is 60.5 Å². The van der Waals surface area contributed by atoms with Crippen molar-refractivity contribution in [2.45, 2.75) is 20.3 Å². The summed E-state index contributed by atoms with van der Waals surface area (Å²) >= 11 is 7.58. The summed E-state index contributed by atoms with van der Waals surface area (Å²) in [5.41, 5.74) is 2.52. The first kappa shape index (κ1) is 22.7. The lowest BCUT2D eigenvalue weighted by Gasteiger charge is -2.17. The predicted molar refractivity (Wildman–Crippen MR) is 126 cm³/mol. The Morgan fingerprint density at radius 3 is 2.74 bits per heavy atom. The molecule has 0 radical (unpaired) electrons. The van der Waals surface area contributed by atoms with Gasteiger partial charge in [-0.1, -0.05) is 42.8 Å². The lowest BCUT2D eigenvalue weighted by Crippen LogP contribution is -2.29. The number of aryl methyl sites for hydroxylation is 1. The highest BCUT2D eigenvalue weighted by molar-refractivity contribution is 8.19. The van der Waals surface area contributed by atoms with Gasteiger partial charge in [0.05, 0.1) is 28.0 Å². The molecule has 1 heterocycles. The van der Waals surface area contributed by atoms with E-state index in [1.807, 2.05) is 38.1 Å². The number of para-hydroxylation sites is 1. The van der Waals surface area contributed by atoms with Gasteiger partial charge in [-0.3, -0.25) is 14.7 Å². The Morgan fingerprint density at radius 1 is 1.29 bits per heavy atom. The lowest BCUT2D eigenvalue weighted by molar-refractivity contribution is -0.131. The van der Waals surface area contributed by atoms with Gasteiger partial charge in [-0.25, -0.2) is 4.79 Å². The van der Waals surface area contributed by atoms with Crippen LogP contribution in [-0.2, 0) is 9.59 Å². The molecule has 0 aromatic heterocycles. The standard InChI is InChI=1S/C23H21ClN2O4S/c1-3-11-25-23-26(18-7-5-4-6-15(18)2)22(29)20(31-23)14-16-8-9-19(17(24)13-16)30-12-10-21(27)28/h4-10,12-14H,3,11H2,1-2H3,(H,27,28)/b12-10-,20-14+,25-23?. The molecule has 160 valence electrons. The molecule has 8 heteroatoms. The molecule has 1 aliphatic rings. The van der Waals surface area contributed by atoms with Gasteiger partial charge < -0.3 is 9.84 Å². The van der Waals surface area contributed by atoms with Gasteiger partial charge in [-0.2, -0.15) is 0 Å². The second kappa shape index (κ2) is 10.3. The van der Waals surface area contributed by atoms with Crippen molar-refractivity contribution >= 4 is 52.2 Å². The summed E-state index contributed by atoms with van der Waals surface area (Å²) in [5, 5.41) is 9.58. The fraction of sp³-hybridized carbons (Fsp3) is 0.174. The number of halogens is 1. The van der Waals surface area contributed by atoms with Crippen LogP contribution in [0.2, 0.25) is 5.02 Å². The van der Waals surface area contributed by atoms with Crippen LogP contribution in [0.25, 0.3) is 6.08 Å². The van der Waals surface area contributed by atoms with Gasteiger partial charge in [0.25, 0.3) is 5.91 Å². The van der Waals surface area contributed by atoms with E-state index in [2.05, 4.69) is 4.99 Å². The molecule has 1 amide bonds. The molecule has 1 aliphatic heterocycles. The minimum atomic E-state index is -1.12. The number of benzene rings is 2. The van der Waals surface area contributed by atoms with E-state index in [0.29, 0.717) is 27.4 Å². The zero-order valence-corrected chi connectivity index (χ0v) is 18.6. The largest absolute Gasteiger partial charge is 0.478 e. The molecule has 0 spiro atoms. The molecule has 0 unspecified atom stereocenters. The maximum absolute atomic E-state index is 13.2. The molecule has 2 aromatic rings. The Labute approximate surface area is 189 Å². The number of aliphatic carboxylic acids is 1. The van der Waals surface area contributed by atoms with Crippen LogP contribution >= 0.6 is 23.4 Å². The third-order valence-corrected chi connectivity index (χ3v) is 5.59. The van der Waals surface area contributed by atoms with Crippen LogP contribution in [0, 0.1) is 6.92 Å². The molecule has 6 nitrogen and oxygen atoms in total. The summed E-state index contributed by atoms with van der Waals surface area (Å²) in [5.74, 6) is -0.943.